The van der Waals surface area contributed by atoms with Crippen molar-refractivity contribution < 1.29 is 4.79 Å². The van der Waals surface area contributed by atoms with Crippen LogP contribution in [0.5, 0.6) is 0 Å². The molecule has 2 heteroatoms. The third-order valence-electron chi connectivity index (χ3n) is 3.26. The fraction of sp³-hybridized carbons (Fsp3) is 0.235. The quantitative estimate of drug-likeness (QED) is 0.779. The molecular weight excluding hydrogens is 234 g/mol. The van der Waals surface area contributed by atoms with Gasteiger partial charge in [-0.05, 0) is 37.6 Å². The van der Waals surface area contributed by atoms with E-state index >= 15 is 0 Å². The van der Waals surface area contributed by atoms with E-state index in [1.54, 1.807) is 0 Å². The van der Waals surface area contributed by atoms with E-state index in [0.717, 1.165) is 27.9 Å². The van der Waals surface area contributed by atoms with E-state index in [2.05, 4.69) is 0 Å². The monoisotopic (exact) mass is 253 g/mol. The molecule has 0 heterocycles. The molecule has 2 nitrogen and oxygen atoms in total. The molecule has 0 amide bonds. The zero-order valence-corrected chi connectivity index (χ0v) is 11.9. The molecule has 19 heavy (non-hydrogen) atoms. The lowest BCUT2D eigenvalue weighted by molar-refractivity contribution is 0.103. The van der Waals surface area contributed by atoms with E-state index in [9.17, 15) is 4.79 Å². The molecule has 98 valence electrons. The number of carbonyl (C=O) groups excluding carboxylic acids is 1. The van der Waals surface area contributed by atoms with Crippen LogP contribution in [-0.2, 0) is 0 Å². The second-order valence-electron chi connectivity index (χ2n) is 5.09. The molecule has 0 atom stereocenters. The summed E-state index contributed by atoms with van der Waals surface area (Å²) in [6, 6.07) is 13.7. The number of hydrogen-bond donors (Lipinski definition) is 0. The molecule has 2 aromatic rings. The highest BCUT2D eigenvalue weighted by atomic mass is 16.1. The number of anilines is 1. The van der Waals surface area contributed by atoms with Crippen LogP contribution in [0.4, 0.5) is 5.69 Å². The van der Waals surface area contributed by atoms with Crippen LogP contribution in [0.15, 0.2) is 42.5 Å². The Morgan fingerprint density at radius 1 is 1.00 bits per heavy atom. The number of carbonyl (C=O) groups is 1. The van der Waals surface area contributed by atoms with Gasteiger partial charge in [0.1, 0.15) is 0 Å². The lowest BCUT2D eigenvalue weighted by Gasteiger charge is -2.13. The standard InChI is InChI=1S/C17H19NO/c1-12-8-9-13(2)16(10-12)17(19)14-6-5-7-15(11-14)18(3)4/h5-11H,1-4H3. The van der Waals surface area contributed by atoms with Crippen molar-refractivity contribution >= 4 is 11.5 Å². The van der Waals surface area contributed by atoms with Gasteiger partial charge >= 0.3 is 0 Å². The maximum Gasteiger partial charge on any atom is 0.193 e. The molecule has 0 aliphatic carbocycles. The molecule has 2 aromatic carbocycles. The molecular formula is C17H19NO. The fourth-order valence-electron chi connectivity index (χ4n) is 2.06. The van der Waals surface area contributed by atoms with Crippen molar-refractivity contribution in [3.8, 4) is 0 Å². The van der Waals surface area contributed by atoms with Gasteiger partial charge in [-0.25, -0.2) is 0 Å². The Bertz CT molecular complexity index is 614. The fourth-order valence-corrected chi connectivity index (χ4v) is 2.06. The lowest BCUT2D eigenvalue weighted by atomic mass is 9.97. The van der Waals surface area contributed by atoms with Gasteiger partial charge < -0.3 is 4.90 Å². The lowest BCUT2D eigenvalue weighted by Crippen LogP contribution is -2.10. The van der Waals surface area contributed by atoms with Gasteiger partial charge in [0, 0.05) is 30.9 Å². The van der Waals surface area contributed by atoms with Gasteiger partial charge in [0.25, 0.3) is 0 Å². The second-order valence-corrected chi connectivity index (χ2v) is 5.09. The van der Waals surface area contributed by atoms with Gasteiger partial charge in [-0.15, -0.1) is 0 Å². The first-order valence-electron chi connectivity index (χ1n) is 6.38. The van der Waals surface area contributed by atoms with Gasteiger partial charge in [0.05, 0.1) is 0 Å². The number of ketones is 1. The van der Waals surface area contributed by atoms with Crippen LogP contribution in [0, 0.1) is 13.8 Å². The Kier molecular flexibility index (Phi) is 3.70. The summed E-state index contributed by atoms with van der Waals surface area (Å²) in [5.74, 6) is 0.0879. The number of aryl methyl sites for hydroxylation is 2. The van der Waals surface area contributed by atoms with Crippen molar-refractivity contribution in [2.24, 2.45) is 0 Å². The second kappa shape index (κ2) is 5.27. The van der Waals surface area contributed by atoms with Crippen molar-refractivity contribution in [3.63, 3.8) is 0 Å². The first-order chi connectivity index (χ1) is 8.99. The topological polar surface area (TPSA) is 20.3 Å². The first-order valence-corrected chi connectivity index (χ1v) is 6.38. The highest BCUT2D eigenvalue weighted by molar-refractivity contribution is 6.10. The van der Waals surface area contributed by atoms with Crippen LogP contribution in [0.1, 0.15) is 27.0 Å². The minimum Gasteiger partial charge on any atom is -0.378 e. The summed E-state index contributed by atoms with van der Waals surface area (Å²) in [5.41, 5.74) is 4.69. The van der Waals surface area contributed by atoms with E-state index in [1.165, 1.54) is 0 Å². The van der Waals surface area contributed by atoms with Crippen molar-refractivity contribution in [3.05, 3.63) is 64.7 Å². The molecule has 0 saturated carbocycles. The van der Waals surface area contributed by atoms with Crippen molar-refractivity contribution in [2.45, 2.75) is 13.8 Å². The Morgan fingerprint density at radius 2 is 1.74 bits per heavy atom. The predicted molar refractivity (Wildman–Crippen MR) is 80.1 cm³/mol. The highest BCUT2D eigenvalue weighted by Crippen LogP contribution is 2.19. The maximum absolute atomic E-state index is 12.6. The molecule has 0 saturated heterocycles. The summed E-state index contributed by atoms with van der Waals surface area (Å²) >= 11 is 0. The molecule has 0 aliphatic rings. The summed E-state index contributed by atoms with van der Waals surface area (Å²) in [6.45, 7) is 3.98. The number of hydrogen-bond acceptors (Lipinski definition) is 2. The summed E-state index contributed by atoms with van der Waals surface area (Å²) in [6.07, 6.45) is 0. The van der Waals surface area contributed by atoms with Gasteiger partial charge in [-0.3, -0.25) is 4.79 Å². The molecule has 0 unspecified atom stereocenters. The third kappa shape index (κ3) is 2.84. The molecule has 0 N–H and O–H groups in total. The summed E-state index contributed by atoms with van der Waals surface area (Å²) < 4.78 is 0. The molecule has 0 radical (unpaired) electrons. The number of nitrogens with zero attached hydrogens (tertiary/aromatic N) is 1. The Hall–Kier alpha value is -2.09. The molecule has 0 fully saturated rings. The Morgan fingerprint density at radius 3 is 2.42 bits per heavy atom. The van der Waals surface area contributed by atoms with Crippen molar-refractivity contribution in [1.82, 2.24) is 0 Å². The van der Waals surface area contributed by atoms with Crippen molar-refractivity contribution in [2.75, 3.05) is 19.0 Å². The zero-order valence-electron chi connectivity index (χ0n) is 11.9. The van der Waals surface area contributed by atoms with Gasteiger partial charge in [-0.1, -0.05) is 29.8 Å². The minimum atomic E-state index is 0.0879. The summed E-state index contributed by atoms with van der Waals surface area (Å²) in [7, 11) is 3.95. The van der Waals surface area contributed by atoms with Crippen molar-refractivity contribution in [1.29, 1.82) is 0 Å². The van der Waals surface area contributed by atoms with E-state index in [-0.39, 0.29) is 5.78 Å². The van der Waals surface area contributed by atoms with Gasteiger partial charge in [0.2, 0.25) is 0 Å². The first kappa shape index (κ1) is 13.3. The molecule has 0 aliphatic heterocycles. The van der Waals surface area contributed by atoms with E-state index in [0.29, 0.717) is 0 Å². The molecule has 0 bridgehead atoms. The van der Waals surface area contributed by atoms with Crippen LogP contribution in [-0.4, -0.2) is 19.9 Å². The summed E-state index contributed by atoms with van der Waals surface area (Å²) in [4.78, 5) is 14.6. The van der Waals surface area contributed by atoms with E-state index in [4.69, 9.17) is 0 Å². The maximum atomic E-state index is 12.6. The molecule has 2 rings (SSSR count). The van der Waals surface area contributed by atoms with Gasteiger partial charge in [0.15, 0.2) is 5.78 Å². The largest absolute Gasteiger partial charge is 0.378 e. The number of benzene rings is 2. The van der Waals surface area contributed by atoms with Crippen LogP contribution in [0.25, 0.3) is 0 Å². The smallest absolute Gasteiger partial charge is 0.193 e. The van der Waals surface area contributed by atoms with Crippen LogP contribution in [0.2, 0.25) is 0 Å². The average Bonchev–Trinajstić information content (AvgIpc) is 2.41. The third-order valence-corrected chi connectivity index (χ3v) is 3.26. The van der Waals surface area contributed by atoms with E-state index in [1.807, 2.05) is 75.3 Å². The summed E-state index contributed by atoms with van der Waals surface area (Å²) in [5, 5.41) is 0. The van der Waals surface area contributed by atoms with E-state index < -0.39 is 0 Å². The van der Waals surface area contributed by atoms with Crippen LogP contribution >= 0.6 is 0 Å². The Labute approximate surface area is 114 Å². The molecule has 0 spiro atoms. The highest BCUT2D eigenvalue weighted by Gasteiger charge is 2.12. The van der Waals surface area contributed by atoms with Crippen LogP contribution < -0.4 is 4.90 Å². The van der Waals surface area contributed by atoms with Gasteiger partial charge in [-0.2, -0.15) is 0 Å². The predicted octanol–water partition coefficient (Wildman–Crippen LogP) is 3.60. The minimum absolute atomic E-state index is 0.0879. The Balaban J connectivity index is 2.44. The van der Waals surface area contributed by atoms with Crippen LogP contribution in [0.3, 0.4) is 0 Å². The zero-order chi connectivity index (χ0) is 14.0. The number of rotatable bonds is 3. The average molecular weight is 253 g/mol. The normalized spacial score (nSPS) is 10.3. The SMILES string of the molecule is Cc1ccc(C)c(C(=O)c2cccc(N(C)C)c2)c1. The molecule has 0 aromatic heterocycles.